The number of carbonyl (C=O) groups excluding carboxylic acids is 1. The van der Waals surface area contributed by atoms with Crippen molar-refractivity contribution in [2.75, 3.05) is 26.8 Å². The first kappa shape index (κ1) is 13.0. The van der Waals surface area contributed by atoms with Gasteiger partial charge in [-0.1, -0.05) is 12.1 Å². The molecule has 1 atom stereocenters. The molecular weight excluding hydrogens is 237 g/mol. The van der Waals surface area contributed by atoms with Crippen molar-refractivity contribution in [1.82, 2.24) is 4.90 Å². The van der Waals surface area contributed by atoms with Crippen LogP contribution in [0.5, 0.6) is 0 Å². The molecule has 2 rings (SSSR count). The summed E-state index contributed by atoms with van der Waals surface area (Å²) in [5, 5.41) is 0. The molecule has 0 aromatic heterocycles. The minimum Gasteiger partial charge on any atom is -0.467 e. The van der Waals surface area contributed by atoms with Gasteiger partial charge in [0.1, 0.15) is 5.82 Å². The highest BCUT2D eigenvalue weighted by atomic mass is 19.1. The second kappa shape index (κ2) is 5.93. The van der Waals surface area contributed by atoms with Gasteiger partial charge in [-0.2, -0.15) is 0 Å². The number of esters is 1. The van der Waals surface area contributed by atoms with Crippen LogP contribution in [0, 0.1) is 5.82 Å². The highest BCUT2D eigenvalue weighted by Gasteiger charge is 2.27. The van der Waals surface area contributed by atoms with E-state index < -0.39 is 6.10 Å². The van der Waals surface area contributed by atoms with Gasteiger partial charge in [0, 0.05) is 19.6 Å². The number of ether oxygens (including phenoxy) is 2. The van der Waals surface area contributed by atoms with E-state index >= 15 is 0 Å². The molecular formula is C13H16FNO3. The number of morpholine rings is 1. The number of methoxy groups -OCH3 is 1. The largest absolute Gasteiger partial charge is 0.467 e. The third-order valence-corrected chi connectivity index (χ3v) is 2.91. The smallest absolute Gasteiger partial charge is 0.336 e. The van der Waals surface area contributed by atoms with E-state index in [0.29, 0.717) is 19.7 Å². The molecule has 98 valence electrons. The maximum atomic E-state index is 13.1. The van der Waals surface area contributed by atoms with Crippen molar-refractivity contribution in [2.45, 2.75) is 12.6 Å². The monoisotopic (exact) mass is 253 g/mol. The molecule has 1 heterocycles. The summed E-state index contributed by atoms with van der Waals surface area (Å²) in [5.74, 6) is -0.607. The molecule has 0 aliphatic carbocycles. The van der Waals surface area contributed by atoms with Gasteiger partial charge >= 0.3 is 5.97 Å². The molecule has 1 aromatic rings. The van der Waals surface area contributed by atoms with Gasteiger partial charge in [-0.25, -0.2) is 9.18 Å². The molecule has 1 fully saturated rings. The summed E-state index contributed by atoms with van der Waals surface area (Å²) in [6, 6.07) is 6.47. The van der Waals surface area contributed by atoms with Crippen LogP contribution in [0.25, 0.3) is 0 Å². The van der Waals surface area contributed by atoms with Crippen LogP contribution in [0.4, 0.5) is 4.39 Å². The molecule has 0 spiro atoms. The van der Waals surface area contributed by atoms with Gasteiger partial charge in [-0.3, -0.25) is 4.90 Å². The SMILES string of the molecule is COC(=O)C1CN(Cc2cccc(F)c2)CCO1. The Hall–Kier alpha value is -1.46. The van der Waals surface area contributed by atoms with Crippen LogP contribution in [0.1, 0.15) is 5.56 Å². The molecule has 1 aliphatic rings. The Bertz CT molecular complexity index is 424. The fourth-order valence-electron chi connectivity index (χ4n) is 2.01. The molecule has 18 heavy (non-hydrogen) atoms. The lowest BCUT2D eigenvalue weighted by molar-refractivity contribution is -0.160. The number of rotatable bonds is 3. The summed E-state index contributed by atoms with van der Waals surface area (Å²) in [4.78, 5) is 13.4. The molecule has 1 aliphatic heterocycles. The lowest BCUT2D eigenvalue weighted by Crippen LogP contribution is -2.46. The second-order valence-corrected chi connectivity index (χ2v) is 4.25. The van der Waals surface area contributed by atoms with Gasteiger partial charge in [0.05, 0.1) is 13.7 Å². The van der Waals surface area contributed by atoms with Gasteiger partial charge < -0.3 is 9.47 Å². The van der Waals surface area contributed by atoms with Crippen molar-refractivity contribution in [2.24, 2.45) is 0 Å². The van der Waals surface area contributed by atoms with Crippen molar-refractivity contribution in [1.29, 1.82) is 0 Å². The molecule has 5 heteroatoms. The quantitative estimate of drug-likeness (QED) is 0.759. The van der Waals surface area contributed by atoms with Crippen LogP contribution in [-0.2, 0) is 20.8 Å². The van der Waals surface area contributed by atoms with Gasteiger partial charge in [0.25, 0.3) is 0 Å². The van der Waals surface area contributed by atoms with Crippen LogP contribution in [-0.4, -0.2) is 43.8 Å². The van der Waals surface area contributed by atoms with E-state index in [-0.39, 0.29) is 11.8 Å². The van der Waals surface area contributed by atoms with Crippen LogP contribution in [0.15, 0.2) is 24.3 Å². The Kier molecular flexibility index (Phi) is 4.28. The fourth-order valence-corrected chi connectivity index (χ4v) is 2.01. The maximum absolute atomic E-state index is 13.1. The predicted octanol–water partition coefficient (Wildman–Crippen LogP) is 1.20. The number of hydrogen-bond acceptors (Lipinski definition) is 4. The maximum Gasteiger partial charge on any atom is 0.336 e. The lowest BCUT2D eigenvalue weighted by atomic mass is 10.2. The standard InChI is InChI=1S/C13H16FNO3/c1-17-13(16)12-9-15(5-6-18-12)8-10-3-2-4-11(14)7-10/h2-4,7,12H,5-6,8-9H2,1H3. The third-order valence-electron chi connectivity index (χ3n) is 2.91. The van der Waals surface area contributed by atoms with Crippen molar-refractivity contribution < 1.29 is 18.7 Å². The minimum absolute atomic E-state index is 0.245. The van der Waals surface area contributed by atoms with E-state index in [0.717, 1.165) is 12.1 Å². The third kappa shape index (κ3) is 3.27. The summed E-state index contributed by atoms with van der Waals surface area (Å²) < 4.78 is 23.1. The molecule has 0 N–H and O–H groups in total. The fraction of sp³-hybridized carbons (Fsp3) is 0.462. The number of halogens is 1. The van der Waals surface area contributed by atoms with Crippen molar-refractivity contribution in [3.63, 3.8) is 0 Å². The zero-order valence-corrected chi connectivity index (χ0v) is 10.3. The van der Waals surface area contributed by atoms with E-state index in [1.807, 2.05) is 6.07 Å². The highest BCUT2D eigenvalue weighted by Crippen LogP contribution is 2.12. The molecule has 1 unspecified atom stereocenters. The first-order valence-electron chi connectivity index (χ1n) is 5.85. The number of carbonyl (C=O) groups is 1. The van der Waals surface area contributed by atoms with Gasteiger partial charge in [0.2, 0.25) is 0 Å². The van der Waals surface area contributed by atoms with Crippen LogP contribution in [0.2, 0.25) is 0 Å². The Morgan fingerprint density at radius 1 is 1.61 bits per heavy atom. The average molecular weight is 253 g/mol. The Morgan fingerprint density at radius 3 is 3.17 bits per heavy atom. The molecule has 1 aromatic carbocycles. The van der Waals surface area contributed by atoms with E-state index in [1.165, 1.54) is 19.2 Å². The topological polar surface area (TPSA) is 38.8 Å². The summed E-state index contributed by atoms with van der Waals surface area (Å²) in [6.07, 6.45) is -0.544. The molecule has 1 saturated heterocycles. The number of hydrogen-bond donors (Lipinski definition) is 0. The van der Waals surface area contributed by atoms with Gasteiger partial charge in [-0.15, -0.1) is 0 Å². The first-order valence-corrected chi connectivity index (χ1v) is 5.85. The lowest BCUT2D eigenvalue weighted by Gasteiger charge is -2.31. The van der Waals surface area contributed by atoms with E-state index in [9.17, 15) is 9.18 Å². The van der Waals surface area contributed by atoms with Crippen molar-refractivity contribution in [3.8, 4) is 0 Å². The van der Waals surface area contributed by atoms with Crippen LogP contribution in [0.3, 0.4) is 0 Å². The average Bonchev–Trinajstić information content (AvgIpc) is 2.38. The normalized spacial score (nSPS) is 20.7. The van der Waals surface area contributed by atoms with Crippen molar-refractivity contribution >= 4 is 5.97 Å². The zero-order valence-electron chi connectivity index (χ0n) is 10.3. The Morgan fingerprint density at radius 2 is 2.44 bits per heavy atom. The van der Waals surface area contributed by atoms with Crippen LogP contribution < -0.4 is 0 Å². The van der Waals surface area contributed by atoms with E-state index in [2.05, 4.69) is 9.64 Å². The zero-order chi connectivity index (χ0) is 13.0. The second-order valence-electron chi connectivity index (χ2n) is 4.25. The minimum atomic E-state index is -0.544. The van der Waals surface area contributed by atoms with E-state index in [4.69, 9.17) is 4.74 Å². The summed E-state index contributed by atoms with van der Waals surface area (Å²) in [6.45, 7) is 2.29. The Labute approximate surface area is 105 Å². The number of nitrogens with zero attached hydrogens (tertiary/aromatic N) is 1. The number of benzene rings is 1. The molecule has 4 nitrogen and oxygen atoms in total. The summed E-state index contributed by atoms with van der Waals surface area (Å²) in [5.41, 5.74) is 0.889. The van der Waals surface area contributed by atoms with Gasteiger partial charge in [-0.05, 0) is 17.7 Å². The summed E-state index contributed by atoms with van der Waals surface area (Å²) in [7, 11) is 1.34. The van der Waals surface area contributed by atoms with Crippen molar-refractivity contribution in [3.05, 3.63) is 35.6 Å². The Balaban J connectivity index is 1.95. The van der Waals surface area contributed by atoms with E-state index in [1.54, 1.807) is 6.07 Å². The predicted molar refractivity (Wildman–Crippen MR) is 63.4 cm³/mol. The van der Waals surface area contributed by atoms with Crippen LogP contribution >= 0.6 is 0 Å². The highest BCUT2D eigenvalue weighted by molar-refractivity contribution is 5.74. The molecule has 0 saturated carbocycles. The molecule has 0 radical (unpaired) electrons. The molecule has 0 bridgehead atoms. The molecule has 0 amide bonds. The summed E-state index contributed by atoms with van der Waals surface area (Å²) >= 11 is 0. The first-order chi connectivity index (χ1) is 8.69. The van der Waals surface area contributed by atoms with Gasteiger partial charge in [0.15, 0.2) is 6.10 Å².